The average Bonchev–Trinajstić information content (AvgIpc) is 2.18. The third-order valence-corrected chi connectivity index (χ3v) is 3.24. The molecule has 94 valence electrons. The maximum absolute atomic E-state index is 10.9. The van der Waals surface area contributed by atoms with Crippen LogP contribution in [0.15, 0.2) is 0 Å². The van der Waals surface area contributed by atoms with Crippen LogP contribution in [0.25, 0.3) is 0 Å². The molecule has 2 unspecified atom stereocenters. The van der Waals surface area contributed by atoms with Gasteiger partial charge in [0.25, 0.3) is 0 Å². The fourth-order valence-corrected chi connectivity index (χ4v) is 2.41. The lowest BCUT2D eigenvalue weighted by molar-refractivity contribution is -0.169. The van der Waals surface area contributed by atoms with E-state index in [-0.39, 0.29) is 12.3 Å². The summed E-state index contributed by atoms with van der Waals surface area (Å²) in [7, 11) is 0. The molecule has 5 nitrogen and oxygen atoms in total. The Kier molecular flexibility index (Phi) is 4.29. The van der Waals surface area contributed by atoms with Crippen LogP contribution in [0, 0.1) is 17.8 Å². The average molecular weight is 232 g/mol. The molecule has 16 heavy (non-hydrogen) atoms. The fourth-order valence-electron chi connectivity index (χ4n) is 2.41. The molecule has 0 aromatic heterocycles. The Morgan fingerprint density at radius 1 is 1.19 bits per heavy atom. The van der Waals surface area contributed by atoms with Crippen LogP contribution in [0.3, 0.4) is 0 Å². The van der Waals surface area contributed by atoms with Crippen LogP contribution in [0.4, 0.5) is 0 Å². The molecule has 1 saturated carbocycles. The number of rotatable bonds is 3. The van der Waals surface area contributed by atoms with Gasteiger partial charge in [0.1, 0.15) is 6.10 Å². The largest absolute Gasteiger partial charge is 0.481 e. The molecule has 0 bridgehead atoms. The summed E-state index contributed by atoms with van der Waals surface area (Å²) < 4.78 is 0. The molecular weight excluding hydrogens is 212 g/mol. The summed E-state index contributed by atoms with van der Waals surface area (Å²) in [4.78, 5) is 10.9. The molecule has 0 aromatic carbocycles. The minimum atomic E-state index is -1.38. The van der Waals surface area contributed by atoms with Crippen molar-refractivity contribution in [1.29, 1.82) is 0 Å². The van der Waals surface area contributed by atoms with Crippen molar-refractivity contribution in [2.24, 2.45) is 17.8 Å². The van der Waals surface area contributed by atoms with Crippen molar-refractivity contribution in [1.82, 2.24) is 0 Å². The topological polar surface area (TPSA) is 98.0 Å². The van der Waals surface area contributed by atoms with Crippen LogP contribution in [0.5, 0.6) is 0 Å². The summed E-state index contributed by atoms with van der Waals surface area (Å²) >= 11 is 0. The van der Waals surface area contributed by atoms with Gasteiger partial charge in [0.15, 0.2) is 0 Å². The Morgan fingerprint density at radius 2 is 1.75 bits per heavy atom. The van der Waals surface area contributed by atoms with Gasteiger partial charge in [0, 0.05) is 0 Å². The van der Waals surface area contributed by atoms with E-state index in [9.17, 15) is 20.1 Å². The molecule has 0 radical (unpaired) electrons. The zero-order valence-corrected chi connectivity index (χ0v) is 9.58. The number of aliphatic carboxylic acids is 1. The molecule has 0 aromatic rings. The highest BCUT2D eigenvalue weighted by molar-refractivity contribution is 5.71. The summed E-state index contributed by atoms with van der Waals surface area (Å²) in [5, 5.41) is 37.8. The van der Waals surface area contributed by atoms with E-state index < -0.39 is 30.2 Å². The Bertz CT molecular complexity index is 253. The number of aliphatic hydroxyl groups is 3. The van der Waals surface area contributed by atoms with Crippen molar-refractivity contribution in [2.45, 2.75) is 45.0 Å². The van der Waals surface area contributed by atoms with E-state index in [0.717, 1.165) is 0 Å². The van der Waals surface area contributed by atoms with Gasteiger partial charge in [-0.15, -0.1) is 0 Å². The van der Waals surface area contributed by atoms with Gasteiger partial charge in [-0.3, -0.25) is 4.79 Å². The molecule has 1 rings (SSSR count). The van der Waals surface area contributed by atoms with E-state index in [4.69, 9.17) is 5.11 Å². The first-order chi connectivity index (χ1) is 7.34. The maximum Gasteiger partial charge on any atom is 0.309 e. The van der Waals surface area contributed by atoms with E-state index in [2.05, 4.69) is 0 Å². The maximum atomic E-state index is 10.9. The smallest absolute Gasteiger partial charge is 0.309 e. The van der Waals surface area contributed by atoms with Gasteiger partial charge in [0.2, 0.25) is 0 Å². The third kappa shape index (κ3) is 2.72. The second-order valence-corrected chi connectivity index (χ2v) is 5.04. The molecule has 5 heteroatoms. The fraction of sp³-hybridized carbons (Fsp3) is 0.909. The quantitative estimate of drug-likeness (QED) is 0.542. The Balaban J connectivity index is 2.77. The molecule has 1 aliphatic rings. The van der Waals surface area contributed by atoms with Gasteiger partial charge < -0.3 is 20.4 Å². The zero-order chi connectivity index (χ0) is 12.5. The summed E-state index contributed by atoms with van der Waals surface area (Å²) in [6.07, 6.45) is -2.91. The van der Waals surface area contributed by atoms with Crippen LogP contribution >= 0.6 is 0 Å². The van der Waals surface area contributed by atoms with E-state index in [1.165, 1.54) is 0 Å². The third-order valence-electron chi connectivity index (χ3n) is 3.24. The van der Waals surface area contributed by atoms with Gasteiger partial charge in [-0.05, 0) is 24.7 Å². The van der Waals surface area contributed by atoms with Crippen LogP contribution < -0.4 is 0 Å². The van der Waals surface area contributed by atoms with Crippen LogP contribution in [-0.4, -0.2) is 44.7 Å². The van der Waals surface area contributed by atoms with Crippen molar-refractivity contribution < 1.29 is 25.2 Å². The predicted molar refractivity (Wildman–Crippen MR) is 56.7 cm³/mol. The number of hydrogen-bond donors (Lipinski definition) is 4. The van der Waals surface area contributed by atoms with Crippen molar-refractivity contribution in [3.63, 3.8) is 0 Å². The number of hydrogen-bond acceptors (Lipinski definition) is 4. The normalized spacial score (nSPS) is 40.0. The Morgan fingerprint density at radius 3 is 2.19 bits per heavy atom. The molecule has 0 amide bonds. The Labute approximate surface area is 94.7 Å². The number of carboxylic acid groups (broad SMARTS) is 1. The van der Waals surface area contributed by atoms with Gasteiger partial charge in [-0.2, -0.15) is 0 Å². The Hall–Kier alpha value is -0.650. The minimum absolute atomic E-state index is 0.215. The first-order valence-corrected chi connectivity index (χ1v) is 5.61. The standard InChI is InChI=1S/C11H20O5/c1-5(2)3-6-4-7(11(15)16)9(13)10(14)8(6)12/h5-10,12-14H,3-4H2,1-2H3,(H,15,16)/t6-,7?,8?,9+,10-/m1/s1. The molecule has 5 atom stereocenters. The molecule has 0 heterocycles. The molecule has 0 spiro atoms. The number of carbonyl (C=O) groups is 1. The van der Waals surface area contributed by atoms with E-state index in [1.54, 1.807) is 0 Å². The van der Waals surface area contributed by atoms with E-state index >= 15 is 0 Å². The summed E-state index contributed by atoms with van der Waals surface area (Å²) in [6, 6.07) is 0. The van der Waals surface area contributed by atoms with Gasteiger partial charge >= 0.3 is 5.97 Å². The minimum Gasteiger partial charge on any atom is -0.481 e. The second kappa shape index (κ2) is 5.12. The van der Waals surface area contributed by atoms with Gasteiger partial charge in [-0.25, -0.2) is 0 Å². The molecule has 1 fully saturated rings. The monoisotopic (exact) mass is 232 g/mol. The molecule has 0 aliphatic heterocycles. The van der Waals surface area contributed by atoms with Crippen molar-refractivity contribution >= 4 is 5.97 Å². The van der Waals surface area contributed by atoms with Crippen molar-refractivity contribution in [3.05, 3.63) is 0 Å². The summed E-state index contributed by atoms with van der Waals surface area (Å²) in [6.45, 7) is 3.94. The molecule has 4 N–H and O–H groups in total. The van der Waals surface area contributed by atoms with E-state index in [1.807, 2.05) is 13.8 Å². The van der Waals surface area contributed by atoms with Crippen molar-refractivity contribution in [2.75, 3.05) is 0 Å². The highest BCUT2D eigenvalue weighted by Crippen LogP contribution is 2.34. The SMILES string of the molecule is CC(C)C[C@@H]1CC(C(=O)O)[C@H](O)[C@H](O)C1O. The van der Waals surface area contributed by atoms with E-state index in [0.29, 0.717) is 12.3 Å². The van der Waals surface area contributed by atoms with Gasteiger partial charge in [0.05, 0.1) is 18.1 Å². The second-order valence-electron chi connectivity index (χ2n) is 5.04. The van der Waals surface area contributed by atoms with Crippen LogP contribution in [-0.2, 0) is 4.79 Å². The summed E-state index contributed by atoms with van der Waals surface area (Å²) in [5.74, 6) is -2.05. The summed E-state index contributed by atoms with van der Waals surface area (Å²) in [5.41, 5.74) is 0. The number of carboxylic acids is 1. The first-order valence-electron chi connectivity index (χ1n) is 5.61. The number of aliphatic hydroxyl groups excluding tert-OH is 3. The molecular formula is C11H20O5. The lowest BCUT2D eigenvalue weighted by Crippen LogP contribution is -2.53. The first kappa shape index (κ1) is 13.4. The highest BCUT2D eigenvalue weighted by atomic mass is 16.4. The highest BCUT2D eigenvalue weighted by Gasteiger charge is 2.45. The lowest BCUT2D eigenvalue weighted by atomic mass is 9.73. The van der Waals surface area contributed by atoms with Crippen LogP contribution in [0.1, 0.15) is 26.7 Å². The van der Waals surface area contributed by atoms with Crippen molar-refractivity contribution in [3.8, 4) is 0 Å². The molecule has 0 saturated heterocycles. The van der Waals surface area contributed by atoms with Crippen LogP contribution in [0.2, 0.25) is 0 Å². The molecule has 1 aliphatic carbocycles. The lowest BCUT2D eigenvalue weighted by Gasteiger charge is -2.39. The predicted octanol–water partition coefficient (Wildman–Crippen LogP) is -0.164. The zero-order valence-electron chi connectivity index (χ0n) is 9.58. The van der Waals surface area contributed by atoms with Gasteiger partial charge in [-0.1, -0.05) is 13.8 Å².